The zero-order chi connectivity index (χ0) is 21.0. The molecule has 1 amide bonds. The number of benzene rings is 3. The van der Waals surface area contributed by atoms with Crippen LogP contribution in [0.25, 0.3) is 22.0 Å². The van der Waals surface area contributed by atoms with Gasteiger partial charge in [0.2, 0.25) is 12.7 Å². The highest BCUT2D eigenvalue weighted by molar-refractivity contribution is 8.00. The van der Waals surface area contributed by atoms with Gasteiger partial charge in [0, 0.05) is 22.9 Å². The molecule has 1 aliphatic rings. The van der Waals surface area contributed by atoms with Gasteiger partial charge in [-0.05, 0) is 17.7 Å². The lowest BCUT2D eigenvalue weighted by Crippen LogP contribution is -2.24. The number of thioether (sulfide) groups is 1. The summed E-state index contributed by atoms with van der Waals surface area (Å²) in [6, 6.07) is 23.7. The summed E-state index contributed by atoms with van der Waals surface area (Å²) in [5.74, 6) is 1.63. The molecule has 0 fully saturated rings. The van der Waals surface area contributed by atoms with Gasteiger partial charge in [0.1, 0.15) is 10.7 Å². The highest BCUT2D eigenvalue weighted by atomic mass is 32.2. The van der Waals surface area contributed by atoms with Gasteiger partial charge < -0.3 is 14.8 Å². The van der Waals surface area contributed by atoms with Crippen LogP contribution in [0.5, 0.6) is 11.5 Å². The van der Waals surface area contributed by atoms with Gasteiger partial charge in [0.05, 0.1) is 5.75 Å². The lowest BCUT2D eigenvalue weighted by Gasteiger charge is -2.09. The van der Waals surface area contributed by atoms with E-state index in [4.69, 9.17) is 9.47 Å². The number of nitrogens with one attached hydrogen (secondary N) is 1. The molecule has 0 saturated heterocycles. The van der Waals surface area contributed by atoms with E-state index < -0.39 is 0 Å². The Morgan fingerprint density at radius 1 is 0.903 bits per heavy atom. The maximum Gasteiger partial charge on any atom is 0.231 e. The van der Waals surface area contributed by atoms with Gasteiger partial charge in [-0.15, -0.1) is 10.2 Å². The molecule has 2 heterocycles. The van der Waals surface area contributed by atoms with Crippen LogP contribution in [0.15, 0.2) is 77.8 Å². The molecule has 6 nitrogen and oxygen atoms in total. The minimum Gasteiger partial charge on any atom is -0.454 e. The van der Waals surface area contributed by atoms with Gasteiger partial charge in [0.25, 0.3) is 0 Å². The number of amides is 1. The van der Waals surface area contributed by atoms with Crippen LogP contribution in [0.4, 0.5) is 0 Å². The molecule has 4 aromatic rings. The molecule has 3 aromatic carbocycles. The lowest BCUT2D eigenvalue weighted by atomic mass is 10.1. The fourth-order valence-corrected chi connectivity index (χ4v) is 4.23. The normalized spacial score (nSPS) is 12.1. The molecule has 0 unspecified atom stereocenters. The Morgan fingerprint density at radius 2 is 1.68 bits per heavy atom. The number of ether oxygens (including phenoxy) is 2. The highest BCUT2D eigenvalue weighted by Crippen LogP contribution is 2.33. The fourth-order valence-electron chi connectivity index (χ4n) is 3.43. The van der Waals surface area contributed by atoms with Crippen LogP contribution in [0.2, 0.25) is 0 Å². The van der Waals surface area contributed by atoms with Crippen molar-refractivity contribution in [2.24, 2.45) is 0 Å². The predicted molar refractivity (Wildman–Crippen MR) is 120 cm³/mol. The molecule has 0 atom stereocenters. The van der Waals surface area contributed by atoms with Crippen LogP contribution >= 0.6 is 11.8 Å². The SMILES string of the molecule is O=C(CSc1nnc(-c2ccccc2)c2ccccc12)NCc1ccc2c(c1)OCO2. The first kappa shape index (κ1) is 19.4. The summed E-state index contributed by atoms with van der Waals surface area (Å²) in [4.78, 5) is 12.4. The van der Waals surface area contributed by atoms with Crippen molar-refractivity contribution in [3.8, 4) is 22.8 Å². The van der Waals surface area contributed by atoms with Crippen molar-refractivity contribution in [3.05, 3.63) is 78.4 Å². The molecule has 0 saturated carbocycles. The maximum atomic E-state index is 12.4. The van der Waals surface area contributed by atoms with Crippen LogP contribution in [-0.4, -0.2) is 28.7 Å². The molecule has 7 heteroatoms. The average molecular weight is 430 g/mol. The molecular weight excluding hydrogens is 410 g/mol. The van der Waals surface area contributed by atoms with Crippen LogP contribution in [0.3, 0.4) is 0 Å². The topological polar surface area (TPSA) is 73.3 Å². The van der Waals surface area contributed by atoms with E-state index in [2.05, 4.69) is 15.5 Å². The van der Waals surface area contributed by atoms with Crippen molar-refractivity contribution >= 4 is 28.4 Å². The second kappa shape index (κ2) is 8.65. The van der Waals surface area contributed by atoms with Crippen LogP contribution in [-0.2, 0) is 11.3 Å². The molecule has 154 valence electrons. The lowest BCUT2D eigenvalue weighted by molar-refractivity contribution is -0.118. The Bertz CT molecular complexity index is 1250. The van der Waals surface area contributed by atoms with Gasteiger partial charge in [-0.1, -0.05) is 72.4 Å². The van der Waals surface area contributed by atoms with Crippen molar-refractivity contribution < 1.29 is 14.3 Å². The molecule has 0 aliphatic carbocycles. The van der Waals surface area contributed by atoms with Crippen molar-refractivity contribution in [3.63, 3.8) is 0 Å². The van der Waals surface area contributed by atoms with Crippen LogP contribution in [0, 0.1) is 0 Å². The summed E-state index contributed by atoms with van der Waals surface area (Å²) >= 11 is 1.39. The first-order valence-corrected chi connectivity index (χ1v) is 10.9. The Balaban J connectivity index is 1.27. The van der Waals surface area contributed by atoms with E-state index in [9.17, 15) is 4.79 Å². The van der Waals surface area contributed by atoms with Gasteiger partial charge in [-0.3, -0.25) is 4.79 Å². The van der Waals surface area contributed by atoms with E-state index in [1.807, 2.05) is 72.8 Å². The minimum atomic E-state index is -0.0688. The van der Waals surface area contributed by atoms with Crippen molar-refractivity contribution in [1.29, 1.82) is 0 Å². The zero-order valence-corrected chi connectivity index (χ0v) is 17.4. The molecule has 0 radical (unpaired) electrons. The molecule has 1 aliphatic heterocycles. The molecule has 1 N–H and O–H groups in total. The van der Waals surface area contributed by atoms with Gasteiger partial charge in [-0.2, -0.15) is 0 Å². The second-order valence-electron chi connectivity index (χ2n) is 7.02. The minimum absolute atomic E-state index is 0.0688. The Morgan fingerprint density at radius 3 is 2.55 bits per heavy atom. The number of hydrogen-bond donors (Lipinski definition) is 1. The number of carbonyl (C=O) groups excluding carboxylic acids is 1. The predicted octanol–water partition coefficient (Wildman–Crippen LogP) is 4.43. The zero-order valence-electron chi connectivity index (χ0n) is 16.6. The van der Waals surface area contributed by atoms with E-state index in [0.717, 1.165) is 38.4 Å². The average Bonchev–Trinajstić information content (AvgIpc) is 3.29. The molecule has 0 spiro atoms. The molecular formula is C24H19N3O3S. The van der Waals surface area contributed by atoms with Crippen molar-refractivity contribution in [1.82, 2.24) is 15.5 Å². The van der Waals surface area contributed by atoms with Gasteiger partial charge in [0.15, 0.2) is 11.5 Å². The van der Waals surface area contributed by atoms with E-state index in [0.29, 0.717) is 12.3 Å². The number of nitrogens with zero attached hydrogens (tertiary/aromatic N) is 2. The Hall–Kier alpha value is -3.58. The highest BCUT2D eigenvalue weighted by Gasteiger charge is 2.15. The number of aromatic nitrogens is 2. The summed E-state index contributed by atoms with van der Waals surface area (Å²) in [6.45, 7) is 0.662. The van der Waals surface area contributed by atoms with Crippen molar-refractivity contribution in [2.75, 3.05) is 12.5 Å². The van der Waals surface area contributed by atoms with E-state index in [-0.39, 0.29) is 18.5 Å². The first-order valence-electron chi connectivity index (χ1n) is 9.87. The summed E-state index contributed by atoms with van der Waals surface area (Å²) in [5.41, 5.74) is 2.82. The summed E-state index contributed by atoms with van der Waals surface area (Å²) < 4.78 is 10.7. The quantitative estimate of drug-likeness (QED) is 0.457. The first-order chi connectivity index (χ1) is 15.3. The van der Waals surface area contributed by atoms with E-state index >= 15 is 0 Å². The molecule has 1 aromatic heterocycles. The number of hydrogen-bond acceptors (Lipinski definition) is 6. The molecule has 5 rings (SSSR count). The Kier molecular flexibility index (Phi) is 5.41. The Labute approximate surface area is 183 Å². The monoisotopic (exact) mass is 429 g/mol. The number of carbonyl (C=O) groups is 1. The standard InChI is InChI=1S/C24H19N3O3S/c28-22(25-13-16-10-11-20-21(12-16)30-15-29-20)14-31-24-19-9-5-4-8-18(19)23(26-27-24)17-6-2-1-3-7-17/h1-12H,13-15H2,(H,25,28). The largest absolute Gasteiger partial charge is 0.454 e. The summed E-state index contributed by atoms with van der Waals surface area (Å²) in [7, 11) is 0. The molecule has 0 bridgehead atoms. The maximum absolute atomic E-state index is 12.4. The van der Waals surface area contributed by atoms with E-state index in [1.165, 1.54) is 11.8 Å². The summed E-state index contributed by atoms with van der Waals surface area (Å²) in [6.07, 6.45) is 0. The third kappa shape index (κ3) is 4.18. The third-order valence-corrected chi connectivity index (χ3v) is 5.95. The smallest absolute Gasteiger partial charge is 0.231 e. The molecule has 31 heavy (non-hydrogen) atoms. The third-order valence-electron chi connectivity index (χ3n) is 4.97. The number of fused-ring (bicyclic) bond motifs is 2. The van der Waals surface area contributed by atoms with E-state index in [1.54, 1.807) is 0 Å². The van der Waals surface area contributed by atoms with Gasteiger partial charge >= 0.3 is 0 Å². The fraction of sp³-hybridized carbons (Fsp3) is 0.125. The van der Waals surface area contributed by atoms with Crippen LogP contribution in [0.1, 0.15) is 5.56 Å². The van der Waals surface area contributed by atoms with Crippen LogP contribution < -0.4 is 14.8 Å². The second-order valence-corrected chi connectivity index (χ2v) is 7.98. The summed E-state index contributed by atoms with van der Waals surface area (Å²) in [5, 5.41) is 14.6. The van der Waals surface area contributed by atoms with Crippen molar-refractivity contribution in [2.45, 2.75) is 11.6 Å². The van der Waals surface area contributed by atoms with Gasteiger partial charge in [-0.25, -0.2) is 0 Å². The number of rotatable bonds is 6.